The number of nitro groups is 1. The molecule has 2 saturated heterocycles. The molecule has 2 amide bonds. The standard InChI is InChI=1S/C20H19FN4O4/c21-16-6-1-2-7-17(16)22-8-10-23(11-9-22)18-13-19(26)24(20(18)27)14-4-3-5-15(12-14)25(28)29/h1-7,12,18H,8-11,13H2/p+1/t18-/m1/s1. The van der Waals surface area contributed by atoms with Crippen molar-refractivity contribution >= 4 is 28.9 Å². The van der Waals surface area contributed by atoms with Gasteiger partial charge in [-0.3, -0.25) is 19.7 Å². The first-order valence-electron chi connectivity index (χ1n) is 9.41. The zero-order chi connectivity index (χ0) is 20.5. The summed E-state index contributed by atoms with van der Waals surface area (Å²) in [5.41, 5.74) is 0.595. The third kappa shape index (κ3) is 3.56. The largest absolute Gasteiger partial charge is 0.358 e. The van der Waals surface area contributed by atoms with Gasteiger partial charge in [-0.25, -0.2) is 9.29 Å². The molecule has 0 aliphatic carbocycles. The minimum Gasteiger partial charge on any atom is -0.358 e. The molecule has 2 aliphatic rings. The zero-order valence-electron chi connectivity index (χ0n) is 15.6. The van der Waals surface area contributed by atoms with E-state index in [0.29, 0.717) is 31.9 Å². The van der Waals surface area contributed by atoms with Gasteiger partial charge in [0.25, 0.3) is 11.6 Å². The summed E-state index contributed by atoms with van der Waals surface area (Å²) in [6, 6.07) is 11.6. The number of piperazine rings is 1. The Balaban J connectivity index is 1.47. The molecule has 1 atom stereocenters. The molecule has 29 heavy (non-hydrogen) atoms. The molecule has 0 bridgehead atoms. The van der Waals surface area contributed by atoms with Crippen molar-refractivity contribution in [3.8, 4) is 0 Å². The maximum atomic E-state index is 14.0. The molecule has 2 aromatic rings. The first kappa shape index (κ1) is 19.0. The summed E-state index contributed by atoms with van der Waals surface area (Å²) in [7, 11) is 0. The third-order valence-corrected chi connectivity index (χ3v) is 5.54. The molecule has 0 radical (unpaired) electrons. The second-order valence-corrected chi connectivity index (χ2v) is 7.20. The van der Waals surface area contributed by atoms with Crippen LogP contribution >= 0.6 is 0 Å². The summed E-state index contributed by atoms with van der Waals surface area (Å²) in [6.07, 6.45) is 0.0660. The molecule has 2 heterocycles. The fourth-order valence-electron chi connectivity index (χ4n) is 4.06. The van der Waals surface area contributed by atoms with Crippen molar-refractivity contribution in [3.05, 3.63) is 64.5 Å². The van der Waals surface area contributed by atoms with Crippen molar-refractivity contribution in [1.82, 2.24) is 0 Å². The Labute approximate surface area is 166 Å². The van der Waals surface area contributed by atoms with Gasteiger partial charge in [0.2, 0.25) is 5.91 Å². The molecular weight excluding hydrogens is 379 g/mol. The number of amides is 2. The molecule has 9 heteroatoms. The van der Waals surface area contributed by atoms with E-state index >= 15 is 0 Å². The highest BCUT2D eigenvalue weighted by Gasteiger charge is 2.46. The number of carbonyl (C=O) groups is 2. The maximum Gasteiger partial charge on any atom is 0.292 e. The van der Waals surface area contributed by atoms with Crippen molar-refractivity contribution in [2.75, 3.05) is 36.0 Å². The third-order valence-electron chi connectivity index (χ3n) is 5.54. The fourth-order valence-corrected chi connectivity index (χ4v) is 4.06. The number of anilines is 2. The van der Waals surface area contributed by atoms with Crippen LogP contribution in [0.2, 0.25) is 0 Å². The molecule has 0 aromatic heterocycles. The number of halogens is 1. The highest BCUT2D eigenvalue weighted by Crippen LogP contribution is 2.26. The van der Waals surface area contributed by atoms with E-state index < -0.39 is 11.0 Å². The predicted molar refractivity (Wildman–Crippen MR) is 103 cm³/mol. The molecule has 0 saturated carbocycles. The van der Waals surface area contributed by atoms with Crippen LogP contribution in [0.25, 0.3) is 0 Å². The monoisotopic (exact) mass is 399 g/mol. The van der Waals surface area contributed by atoms with E-state index in [9.17, 15) is 24.1 Å². The lowest BCUT2D eigenvalue weighted by Crippen LogP contribution is -3.19. The lowest BCUT2D eigenvalue weighted by molar-refractivity contribution is -0.915. The lowest BCUT2D eigenvalue weighted by atomic mass is 10.1. The number of quaternary nitrogens is 1. The molecule has 0 spiro atoms. The number of carbonyl (C=O) groups excluding carboxylic acids is 2. The van der Waals surface area contributed by atoms with Gasteiger partial charge in [0.1, 0.15) is 5.82 Å². The second kappa shape index (κ2) is 7.59. The van der Waals surface area contributed by atoms with Gasteiger partial charge in [0, 0.05) is 12.1 Å². The van der Waals surface area contributed by atoms with Gasteiger partial charge in [-0.2, -0.15) is 0 Å². The SMILES string of the molecule is O=C1C[C@@H]([NH+]2CCN(c3ccccc3F)CC2)C(=O)N1c1cccc([N+](=O)[O-])c1. The van der Waals surface area contributed by atoms with Crippen LogP contribution in [-0.2, 0) is 9.59 Å². The predicted octanol–water partition coefficient (Wildman–Crippen LogP) is 0.771. The summed E-state index contributed by atoms with van der Waals surface area (Å²) in [5, 5.41) is 11.0. The first-order valence-corrected chi connectivity index (χ1v) is 9.41. The topological polar surface area (TPSA) is 88.2 Å². The van der Waals surface area contributed by atoms with E-state index in [1.807, 2.05) is 4.90 Å². The number of nitrogens with zero attached hydrogens (tertiary/aromatic N) is 3. The zero-order valence-corrected chi connectivity index (χ0v) is 15.6. The molecule has 150 valence electrons. The van der Waals surface area contributed by atoms with Crippen molar-refractivity contribution < 1.29 is 23.8 Å². The van der Waals surface area contributed by atoms with Crippen molar-refractivity contribution in [2.24, 2.45) is 0 Å². The van der Waals surface area contributed by atoms with Crippen molar-refractivity contribution in [2.45, 2.75) is 12.5 Å². The number of hydrogen-bond acceptors (Lipinski definition) is 5. The van der Waals surface area contributed by atoms with E-state index in [4.69, 9.17) is 0 Å². The summed E-state index contributed by atoms with van der Waals surface area (Å²) in [5.74, 6) is -0.978. The molecule has 2 aromatic carbocycles. The average molecular weight is 399 g/mol. The van der Waals surface area contributed by atoms with Gasteiger partial charge in [-0.15, -0.1) is 0 Å². The molecule has 2 aliphatic heterocycles. The minimum atomic E-state index is -0.556. The highest BCUT2D eigenvalue weighted by molar-refractivity contribution is 6.22. The summed E-state index contributed by atoms with van der Waals surface area (Å²) < 4.78 is 14.0. The normalized spacial score (nSPS) is 20.4. The molecular formula is C20H20FN4O4+. The maximum absolute atomic E-state index is 14.0. The number of benzene rings is 2. The van der Waals surface area contributed by atoms with Crippen LogP contribution in [0.15, 0.2) is 48.5 Å². The fraction of sp³-hybridized carbons (Fsp3) is 0.300. The van der Waals surface area contributed by atoms with E-state index in [2.05, 4.69) is 0 Å². The first-order chi connectivity index (χ1) is 14.0. The van der Waals surface area contributed by atoms with E-state index in [1.165, 1.54) is 30.3 Å². The van der Waals surface area contributed by atoms with Crippen LogP contribution in [0.5, 0.6) is 0 Å². The van der Waals surface area contributed by atoms with Crippen LogP contribution < -0.4 is 14.7 Å². The number of non-ortho nitro benzene ring substituents is 1. The Morgan fingerprint density at radius 3 is 2.48 bits per heavy atom. The van der Waals surface area contributed by atoms with Crippen LogP contribution in [0.3, 0.4) is 0 Å². The Kier molecular flexibility index (Phi) is 4.98. The van der Waals surface area contributed by atoms with Crippen molar-refractivity contribution in [3.63, 3.8) is 0 Å². The van der Waals surface area contributed by atoms with Crippen LogP contribution in [0.1, 0.15) is 6.42 Å². The number of imide groups is 1. The van der Waals surface area contributed by atoms with E-state index in [0.717, 1.165) is 9.80 Å². The molecule has 1 N–H and O–H groups in total. The number of nitrogens with one attached hydrogen (secondary N) is 1. The Bertz CT molecular complexity index is 974. The summed E-state index contributed by atoms with van der Waals surface area (Å²) in [4.78, 5) is 39.9. The van der Waals surface area contributed by atoms with Gasteiger partial charge in [0.05, 0.1) is 48.9 Å². The molecule has 2 fully saturated rings. The molecule has 0 unspecified atom stereocenters. The smallest absolute Gasteiger partial charge is 0.292 e. The number of para-hydroxylation sites is 1. The quantitative estimate of drug-likeness (QED) is 0.466. The van der Waals surface area contributed by atoms with Crippen LogP contribution in [0, 0.1) is 15.9 Å². The highest BCUT2D eigenvalue weighted by atomic mass is 19.1. The second-order valence-electron chi connectivity index (χ2n) is 7.20. The summed E-state index contributed by atoms with van der Waals surface area (Å²) in [6.45, 7) is 2.34. The van der Waals surface area contributed by atoms with Crippen molar-refractivity contribution in [1.29, 1.82) is 0 Å². The molecule has 4 rings (SSSR count). The van der Waals surface area contributed by atoms with Gasteiger partial charge in [-0.05, 0) is 18.2 Å². The number of nitro benzene ring substituents is 1. The van der Waals surface area contributed by atoms with E-state index in [1.54, 1.807) is 18.2 Å². The van der Waals surface area contributed by atoms with Crippen LogP contribution in [-0.4, -0.2) is 49.0 Å². The average Bonchev–Trinajstić information content (AvgIpc) is 3.02. The van der Waals surface area contributed by atoms with Gasteiger partial charge in [0.15, 0.2) is 6.04 Å². The lowest BCUT2D eigenvalue weighted by Gasteiger charge is -2.35. The minimum absolute atomic E-state index is 0.0660. The number of rotatable bonds is 4. The van der Waals surface area contributed by atoms with Gasteiger partial charge < -0.3 is 9.80 Å². The molecule has 8 nitrogen and oxygen atoms in total. The number of hydrogen-bond donors (Lipinski definition) is 1. The van der Waals surface area contributed by atoms with Gasteiger partial charge >= 0.3 is 0 Å². The summed E-state index contributed by atoms with van der Waals surface area (Å²) >= 11 is 0. The Hall–Kier alpha value is -3.33. The van der Waals surface area contributed by atoms with E-state index in [-0.39, 0.29) is 35.4 Å². The Morgan fingerprint density at radius 2 is 1.79 bits per heavy atom. The van der Waals surface area contributed by atoms with Gasteiger partial charge in [-0.1, -0.05) is 18.2 Å². The Morgan fingerprint density at radius 1 is 1.07 bits per heavy atom. The van der Waals surface area contributed by atoms with Crippen LogP contribution in [0.4, 0.5) is 21.5 Å².